The van der Waals surface area contributed by atoms with Crippen LogP contribution in [0.25, 0.3) is 0 Å². The van der Waals surface area contributed by atoms with Gasteiger partial charge in [-0.05, 0) is 54.8 Å². The lowest BCUT2D eigenvalue weighted by Gasteiger charge is -2.23. The van der Waals surface area contributed by atoms with E-state index in [2.05, 4.69) is 5.10 Å². The molecular formula is C24H24N2O3S. The molecular weight excluding hydrogens is 396 g/mol. The van der Waals surface area contributed by atoms with Gasteiger partial charge in [0.2, 0.25) is 0 Å². The van der Waals surface area contributed by atoms with E-state index in [4.69, 9.17) is 4.74 Å². The standard InChI is InChI=1S/C24H24N2O3S/c1-17-7-9-19(10-8-17)23-16-24(20-11-13-21(29-3)14-12-20)26(25-23)30(27,28)22-6-4-5-18(2)15-22/h4-15,24H,16H2,1-3H3. The molecule has 0 aliphatic carbocycles. The van der Waals surface area contributed by atoms with Crippen molar-refractivity contribution in [3.8, 4) is 5.75 Å². The molecule has 6 heteroatoms. The summed E-state index contributed by atoms with van der Waals surface area (Å²) >= 11 is 0. The minimum absolute atomic E-state index is 0.245. The first-order valence-corrected chi connectivity index (χ1v) is 11.2. The zero-order chi connectivity index (χ0) is 21.3. The fraction of sp³-hybridized carbons (Fsp3) is 0.208. The van der Waals surface area contributed by atoms with Crippen LogP contribution in [0.2, 0.25) is 0 Å². The number of sulfonamides is 1. The monoisotopic (exact) mass is 420 g/mol. The lowest BCUT2D eigenvalue weighted by Crippen LogP contribution is -2.27. The molecule has 0 radical (unpaired) electrons. The molecule has 30 heavy (non-hydrogen) atoms. The Kier molecular flexibility index (Phi) is 5.35. The third-order valence-electron chi connectivity index (χ3n) is 5.29. The summed E-state index contributed by atoms with van der Waals surface area (Å²) in [7, 11) is -2.20. The number of hydrogen-bond donors (Lipinski definition) is 0. The Labute approximate surface area is 177 Å². The van der Waals surface area contributed by atoms with Gasteiger partial charge in [-0.3, -0.25) is 0 Å². The Morgan fingerprint density at radius 2 is 1.63 bits per heavy atom. The van der Waals surface area contributed by atoms with Crippen molar-refractivity contribution in [2.24, 2.45) is 5.10 Å². The lowest BCUT2D eigenvalue weighted by molar-refractivity contribution is 0.370. The number of benzene rings is 3. The minimum atomic E-state index is -3.81. The van der Waals surface area contributed by atoms with Crippen LogP contribution in [0.15, 0.2) is 82.8 Å². The average molecular weight is 421 g/mol. The van der Waals surface area contributed by atoms with E-state index < -0.39 is 16.1 Å². The van der Waals surface area contributed by atoms with Gasteiger partial charge in [-0.25, -0.2) is 0 Å². The maximum Gasteiger partial charge on any atom is 0.279 e. The number of aryl methyl sites for hydroxylation is 2. The van der Waals surface area contributed by atoms with Gasteiger partial charge in [0.15, 0.2) is 0 Å². The van der Waals surface area contributed by atoms with Gasteiger partial charge < -0.3 is 4.74 Å². The molecule has 1 aliphatic rings. The first-order valence-electron chi connectivity index (χ1n) is 9.78. The number of rotatable bonds is 5. The van der Waals surface area contributed by atoms with E-state index in [0.29, 0.717) is 6.42 Å². The van der Waals surface area contributed by atoms with E-state index in [-0.39, 0.29) is 4.90 Å². The summed E-state index contributed by atoms with van der Waals surface area (Å²) in [5, 5.41) is 4.60. The Morgan fingerprint density at radius 1 is 0.933 bits per heavy atom. The predicted molar refractivity (Wildman–Crippen MR) is 118 cm³/mol. The van der Waals surface area contributed by atoms with Gasteiger partial charge in [0.1, 0.15) is 5.75 Å². The molecule has 0 aromatic heterocycles. The molecule has 4 rings (SSSR count). The molecule has 0 bridgehead atoms. The first kappa shape index (κ1) is 20.2. The highest BCUT2D eigenvalue weighted by Crippen LogP contribution is 2.37. The van der Waals surface area contributed by atoms with Gasteiger partial charge in [-0.1, -0.05) is 54.1 Å². The molecule has 0 amide bonds. The average Bonchev–Trinajstić information content (AvgIpc) is 3.21. The summed E-state index contributed by atoms with van der Waals surface area (Å²) in [4.78, 5) is 0.245. The van der Waals surface area contributed by atoms with Crippen molar-refractivity contribution in [3.05, 3.63) is 95.1 Å². The molecule has 3 aromatic carbocycles. The Bertz CT molecular complexity index is 1180. The van der Waals surface area contributed by atoms with Crippen LogP contribution in [0.4, 0.5) is 0 Å². The molecule has 0 N–H and O–H groups in total. The Morgan fingerprint density at radius 3 is 2.27 bits per heavy atom. The molecule has 0 saturated carbocycles. The highest BCUT2D eigenvalue weighted by Gasteiger charge is 2.37. The molecule has 5 nitrogen and oxygen atoms in total. The molecule has 1 heterocycles. The predicted octanol–water partition coefficient (Wildman–Crippen LogP) is 4.85. The van der Waals surface area contributed by atoms with Gasteiger partial charge in [0.05, 0.1) is 23.8 Å². The van der Waals surface area contributed by atoms with E-state index in [9.17, 15) is 8.42 Å². The van der Waals surface area contributed by atoms with Crippen LogP contribution in [0.5, 0.6) is 5.75 Å². The van der Waals surface area contributed by atoms with Crippen molar-refractivity contribution in [3.63, 3.8) is 0 Å². The van der Waals surface area contributed by atoms with Gasteiger partial charge in [-0.2, -0.15) is 17.9 Å². The number of hydrazone groups is 1. The van der Waals surface area contributed by atoms with Gasteiger partial charge in [0, 0.05) is 6.42 Å². The fourth-order valence-corrected chi connectivity index (χ4v) is 5.13. The maximum atomic E-state index is 13.5. The number of ether oxygens (including phenoxy) is 1. The zero-order valence-corrected chi connectivity index (χ0v) is 18.1. The van der Waals surface area contributed by atoms with Crippen molar-refractivity contribution in [2.45, 2.75) is 31.2 Å². The smallest absolute Gasteiger partial charge is 0.279 e. The molecule has 0 fully saturated rings. The maximum absolute atomic E-state index is 13.5. The molecule has 1 aliphatic heterocycles. The second-order valence-corrected chi connectivity index (χ2v) is 9.30. The topological polar surface area (TPSA) is 59.0 Å². The van der Waals surface area contributed by atoms with Crippen molar-refractivity contribution in [1.82, 2.24) is 4.41 Å². The number of hydrogen-bond acceptors (Lipinski definition) is 4. The molecule has 154 valence electrons. The van der Waals surface area contributed by atoms with Crippen molar-refractivity contribution in [1.29, 1.82) is 0 Å². The largest absolute Gasteiger partial charge is 0.497 e. The molecule has 1 unspecified atom stereocenters. The van der Waals surface area contributed by atoms with E-state index in [0.717, 1.165) is 33.7 Å². The van der Waals surface area contributed by atoms with Crippen LogP contribution in [0.3, 0.4) is 0 Å². The second-order valence-electron chi connectivity index (χ2n) is 7.50. The molecule has 0 spiro atoms. The lowest BCUT2D eigenvalue weighted by atomic mass is 9.98. The summed E-state index contributed by atoms with van der Waals surface area (Å²) in [6.45, 7) is 3.90. The zero-order valence-electron chi connectivity index (χ0n) is 17.2. The fourth-order valence-electron chi connectivity index (χ4n) is 3.59. The Balaban J connectivity index is 1.79. The minimum Gasteiger partial charge on any atom is -0.497 e. The summed E-state index contributed by atoms with van der Waals surface area (Å²) in [5.41, 5.74) is 4.60. The molecule has 1 atom stereocenters. The number of nitrogens with zero attached hydrogens (tertiary/aromatic N) is 2. The third kappa shape index (κ3) is 3.83. The van der Waals surface area contributed by atoms with Gasteiger partial charge >= 0.3 is 0 Å². The van der Waals surface area contributed by atoms with Crippen LogP contribution in [-0.4, -0.2) is 25.7 Å². The molecule has 3 aromatic rings. The van der Waals surface area contributed by atoms with E-state index in [1.807, 2.05) is 68.4 Å². The van der Waals surface area contributed by atoms with Crippen LogP contribution in [-0.2, 0) is 10.0 Å². The van der Waals surface area contributed by atoms with E-state index >= 15 is 0 Å². The van der Waals surface area contributed by atoms with Crippen LogP contribution in [0, 0.1) is 13.8 Å². The SMILES string of the molecule is COc1ccc(C2CC(c3ccc(C)cc3)=NN2S(=O)(=O)c2cccc(C)c2)cc1. The first-order chi connectivity index (χ1) is 14.4. The quantitative estimate of drug-likeness (QED) is 0.593. The number of methoxy groups -OCH3 is 1. The van der Waals surface area contributed by atoms with E-state index in [1.165, 1.54) is 4.41 Å². The van der Waals surface area contributed by atoms with Crippen molar-refractivity contribution >= 4 is 15.7 Å². The second kappa shape index (κ2) is 7.95. The van der Waals surface area contributed by atoms with E-state index in [1.54, 1.807) is 25.3 Å². The third-order valence-corrected chi connectivity index (χ3v) is 6.97. The highest BCUT2D eigenvalue weighted by molar-refractivity contribution is 7.89. The summed E-state index contributed by atoms with van der Waals surface area (Å²) in [6, 6.07) is 22.0. The Hall–Kier alpha value is -3.12. The van der Waals surface area contributed by atoms with Gasteiger partial charge in [0.25, 0.3) is 10.0 Å². The summed E-state index contributed by atoms with van der Waals surface area (Å²) in [6.07, 6.45) is 0.500. The van der Waals surface area contributed by atoms with Crippen LogP contribution in [0.1, 0.15) is 34.7 Å². The highest BCUT2D eigenvalue weighted by atomic mass is 32.2. The normalized spacial score (nSPS) is 16.4. The summed E-state index contributed by atoms with van der Waals surface area (Å²) in [5.74, 6) is 0.726. The molecule has 0 saturated heterocycles. The summed E-state index contributed by atoms with van der Waals surface area (Å²) < 4.78 is 33.5. The van der Waals surface area contributed by atoms with Crippen molar-refractivity contribution < 1.29 is 13.2 Å². The van der Waals surface area contributed by atoms with Crippen LogP contribution >= 0.6 is 0 Å². The van der Waals surface area contributed by atoms with Crippen LogP contribution < -0.4 is 4.74 Å². The van der Waals surface area contributed by atoms with Crippen molar-refractivity contribution in [2.75, 3.05) is 7.11 Å². The van der Waals surface area contributed by atoms with Gasteiger partial charge in [-0.15, -0.1) is 0 Å².